The van der Waals surface area contributed by atoms with Crippen LogP contribution in [0.15, 0.2) is 47.3 Å². The van der Waals surface area contributed by atoms with Crippen LogP contribution in [0.4, 0.5) is 5.69 Å². The molecule has 0 aliphatic heterocycles. The quantitative estimate of drug-likeness (QED) is 0.626. The second-order valence-electron chi connectivity index (χ2n) is 6.79. The van der Waals surface area contributed by atoms with Gasteiger partial charge in [0.2, 0.25) is 0 Å². The maximum absolute atomic E-state index is 13.1. The van der Waals surface area contributed by atoms with Crippen LogP contribution in [-0.2, 0) is 6.54 Å². The van der Waals surface area contributed by atoms with E-state index < -0.39 is 0 Å². The average Bonchev–Trinajstić information content (AvgIpc) is 2.70. The molecule has 0 saturated carbocycles. The third-order valence-electron chi connectivity index (χ3n) is 4.66. The number of carbonyl (C=O) groups is 1. The van der Waals surface area contributed by atoms with Gasteiger partial charge in [0.1, 0.15) is 5.75 Å². The number of benzene rings is 2. The van der Waals surface area contributed by atoms with E-state index in [0.29, 0.717) is 28.8 Å². The predicted octanol–water partition coefficient (Wildman–Crippen LogP) is 4.16. The van der Waals surface area contributed by atoms with Crippen LogP contribution in [0.2, 0.25) is 0 Å². The molecule has 28 heavy (non-hydrogen) atoms. The largest absolute Gasteiger partial charge is 0.495 e. The lowest BCUT2D eigenvalue weighted by atomic mass is 10.1. The molecular formula is C22H25N3O3. The summed E-state index contributed by atoms with van der Waals surface area (Å²) in [4.78, 5) is 25.8. The Morgan fingerprint density at radius 3 is 2.61 bits per heavy atom. The summed E-state index contributed by atoms with van der Waals surface area (Å²) in [6.45, 7) is 4.53. The summed E-state index contributed by atoms with van der Waals surface area (Å²) in [5, 5.41) is 8.32. The summed E-state index contributed by atoms with van der Waals surface area (Å²) >= 11 is 0. The van der Waals surface area contributed by atoms with Crippen LogP contribution < -0.4 is 15.6 Å². The smallest absolute Gasteiger partial charge is 0.276 e. The number of methoxy groups -OCH3 is 1. The van der Waals surface area contributed by atoms with E-state index in [9.17, 15) is 9.59 Å². The third kappa shape index (κ3) is 4.06. The molecule has 3 rings (SSSR count). The highest BCUT2D eigenvalue weighted by atomic mass is 16.5. The van der Waals surface area contributed by atoms with E-state index in [2.05, 4.69) is 17.3 Å². The van der Waals surface area contributed by atoms with Gasteiger partial charge in [-0.05, 0) is 37.1 Å². The molecule has 0 fully saturated rings. The molecule has 0 bridgehead atoms. The van der Waals surface area contributed by atoms with E-state index in [0.717, 1.165) is 24.8 Å². The zero-order valence-electron chi connectivity index (χ0n) is 16.5. The number of nitrogens with one attached hydrogen (secondary N) is 1. The molecule has 0 saturated heterocycles. The van der Waals surface area contributed by atoms with Gasteiger partial charge in [-0.1, -0.05) is 44.0 Å². The highest BCUT2D eigenvalue weighted by molar-refractivity contribution is 6.11. The average molecular weight is 379 g/mol. The molecule has 0 spiro atoms. The number of aromatic nitrogens is 2. The van der Waals surface area contributed by atoms with E-state index in [-0.39, 0.29) is 17.2 Å². The Balaban J connectivity index is 2.04. The Morgan fingerprint density at radius 2 is 1.89 bits per heavy atom. The maximum atomic E-state index is 13.1. The van der Waals surface area contributed by atoms with Gasteiger partial charge in [0, 0.05) is 11.9 Å². The number of unbranched alkanes of at least 4 members (excludes halogenated alkanes) is 2. The number of nitrogens with zero attached hydrogens (tertiary/aromatic N) is 2. The van der Waals surface area contributed by atoms with Crippen molar-refractivity contribution < 1.29 is 9.53 Å². The van der Waals surface area contributed by atoms with Gasteiger partial charge in [-0.3, -0.25) is 9.59 Å². The van der Waals surface area contributed by atoms with Crippen molar-refractivity contribution >= 4 is 22.4 Å². The molecule has 1 amide bonds. The predicted molar refractivity (Wildman–Crippen MR) is 111 cm³/mol. The third-order valence-corrected chi connectivity index (χ3v) is 4.66. The molecule has 1 N–H and O–H groups in total. The van der Waals surface area contributed by atoms with Gasteiger partial charge >= 0.3 is 0 Å². The molecule has 0 radical (unpaired) electrons. The minimum absolute atomic E-state index is 0.170. The topological polar surface area (TPSA) is 73.2 Å². The zero-order valence-corrected chi connectivity index (χ0v) is 16.5. The Bertz CT molecular complexity index is 1060. The Labute approximate surface area is 164 Å². The van der Waals surface area contributed by atoms with E-state index in [4.69, 9.17) is 4.74 Å². The fraction of sp³-hybridized carbons (Fsp3) is 0.318. The standard InChI is InChI=1S/C22H25N3O3/c1-4-5-8-13-25-22(27)17-10-7-6-9-16(17)20(24-25)21(26)23-18-14-15(2)11-12-19(18)28-3/h6-7,9-12,14H,4-5,8,13H2,1-3H3,(H,23,26). The number of fused-ring (bicyclic) bond motifs is 1. The first-order chi connectivity index (χ1) is 13.5. The number of hydrogen-bond donors (Lipinski definition) is 1. The summed E-state index contributed by atoms with van der Waals surface area (Å²) in [5.74, 6) is 0.198. The summed E-state index contributed by atoms with van der Waals surface area (Å²) in [6.07, 6.45) is 2.89. The summed E-state index contributed by atoms with van der Waals surface area (Å²) < 4.78 is 6.75. The van der Waals surface area contributed by atoms with Crippen LogP contribution in [0.25, 0.3) is 10.8 Å². The number of aryl methyl sites for hydroxylation is 2. The van der Waals surface area contributed by atoms with Gasteiger partial charge < -0.3 is 10.1 Å². The van der Waals surface area contributed by atoms with Gasteiger partial charge in [0.15, 0.2) is 5.69 Å². The van der Waals surface area contributed by atoms with Crippen molar-refractivity contribution in [3.63, 3.8) is 0 Å². The number of hydrogen-bond acceptors (Lipinski definition) is 4. The molecule has 146 valence electrons. The first-order valence-corrected chi connectivity index (χ1v) is 9.51. The van der Waals surface area contributed by atoms with Crippen LogP contribution >= 0.6 is 0 Å². The zero-order chi connectivity index (χ0) is 20.1. The molecule has 0 aliphatic rings. The molecule has 2 aromatic carbocycles. The fourth-order valence-corrected chi connectivity index (χ4v) is 3.17. The maximum Gasteiger partial charge on any atom is 0.276 e. The lowest BCUT2D eigenvalue weighted by Gasteiger charge is -2.13. The summed E-state index contributed by atoms with van der Waals surface area (Å²) in [7, 11) is 1.56. The van der Waals surface area contributed by atoms with Gasteiger partial charge in [0.05, 0.1) is 18.2 Å². The van der Waals surface area contributed by atoms with Crippen molar-refractivity contribution in [1.82, 2.24) is 9.78 Å². The van der Waals surface area contributed by atoms with E-state index in [1.165, 1.54) is 4.68 Å². The molecule has 1 aromatic heterocycles. The number of ether oxygens (including phenoxy) is 1. The van der Waals surface area contributed by atoms with Crippen LogP contribution in [0.5, 0.6) is 5.75 Å². The van der Waals surface area contributed by atoms with E-state index in [1.54, 1.807) is 31.4 Å². The normalized spacial score (nSPS) is 10.8. The van der Waals surface area contributed by atoms with Crippen molar-refractivity contribution in [2.45, 2.75) is 39.7 Å². The molecule has 3 aromatic rings. The first-order valence-electron chi connectivity index (χ1n) is 9.51. The number of rotatable bonds is 7. The van der Waals surface area contributed by atoms with Gasteiger partial charge in [-0.2, -0.15) is 5.10 Å². The van der Waals surface area contributed by atoms with Crippen molar-refractivity contribution in [2.24, 2.45) is 0 Å². The molecule has 6 nitrogen and oxygen atoms in total. The second-order valence-corrected chi connectivity index (χ2v) is 6.79. The second kappa shape index (κ2) is 8.69. The van der Waals surface area contributed by atoms with E-state index >= 15 is 0 Å². The number of amides is 1. The van der Waals surface area contributed by atoms with Crippen molar-refractivity contribution in [2.75, 3.05) is 12.4 Å². The minimum atomic E-state index is -0.371. The number of carbonyl (C=O) groups excluding carboxylic acids is 1. The monoisotopic (exact) mass is 379 g/mol. The highest BCUT2D eigenvalue weighted by Crippen LogP contribution is 2.26. The Morgan fingerprint density at radius 1 is 1.14 bits per heavy atom. The van der Waals surface area contributed by atoms with E-state index in [1.807, 2.05) is 25.1 Å². The van der Waals surface area contributed by atoms with Crippen LogP contribution in [0.1, 0.15) is 42.2 Å². The fourth-order valence-electron chi connectivity index (χ4n) is 3.17. The summed E-state index contributed by atoms with van der Waals surface area (Å²) in [6, 6.07) is 12.6. The van der Waals surface area contributed by atoms with Crippen molar-refractivity contribution in [3.05, 3.63) is 64.1 Å². The lowest BCUT2D eigenvalue weighted by molar-refractivity contribution is 0.102. The molecule has 0 aliphatic carbocycles. The minimum Gasteiger partial charge on any atom is -0.495 e. The first kappa shape index (κ1) is 19.6. The molecule has 0 atom stereocenters. The van der Waals surface area contributed by atoms with Gasteiger partial charge in [0.25, 0.3) is 11.5 Å². The van der Waals surface area contributed by atoms with Crippen molar-refractivity contribution in [1.29, 1.82) is 0 Å². The Hall–Kier alpha value is -3.15. The lowest BCUT2D eigenvalue weighted by Crippen LogP contribution is -2.27. The van der Waals surface area contributed by atoms with Crippen LogP contribution in [0, 0.1) is 6.92 Å². The van der Waals surface area contributed by atoms with Crippen LogP contribution in [-0.4, -0.2) is 22.8 Å². The SMILES string of the molecule is CCCCCn1nc(C(=O)Nc2cc(C)ccc2OC)c2ccccc2c1=O. The summed E-state index contributed by atoms with van der Waals surface area (Å²) in [5.41, 5.74) is 1.63. The molecule has 6 heteroatoms. The van der Waals surface area contributed by atoms with Gasteiger partial charge in [-0.25, -0.2) is 4.68 Å². The Kier molecular flexibility index (Phi) is 6.09. The number of anilines is 1. The van der Waals surface area contributed by atoms with Crippen LogP contribution in [0.3, 0.4) is 0 Å². The molecular weight excluding hydrogens is 354 g/mol. The highest BCUT2D eigenvalue weighted by Gasteiger charge is 2.18. The molecule has 1 heterocycles. The van der Waals surface area contributed by atoms with Gasteiger partial charge in [-0.15, -0.1) is 0 Å². The molecule has 0 unspecified atom stereocenters. The van der Waals surface area contributed by atoms with Crippen molar-refractivity contribution in [3.8, 4) is 5.75 Å².